The molecule has 0 aliphatic heterocycles. The molecule has 0 saturated heterocycles. The van der Waals surface area contributed by atoms with Crippen LogP contribution in [-0.2, 0) is 7.05 Å². The van der Waals surface area contributed by atoms with Gasteiger partial charge in [0, 0.05) is 18.2 Å². The predicted octanol–water partition coefficient (Wildman–Crippen LogP) is 4.37. The molecule has 3 aromatic rings. The lowest BCUT2D eigenvalue weighted by Gasteiger charge is -2.13. The number of ketones is 1. The molecule has 0 N–H and O–H groups in total. The Balaban J connectivity index is 1.82. The molecule has 0 bridgehead atoms. The maximum atomic E-state index is 13.1. The van der Waals surface area contributed by atoms with Gasteiger partial charge >= 0.3 is 0 Å². The summed E-state index contributed by atoms with van der Waals surface area (Å²) < 4.78 is 14.9. The van der Waals surface area contributed by atoms with Crippen molar-refractivity contribution in [1.29, 1.82) is 0 Å². The molecule has 0 aliphatic rings. The number of rotatable bonds is 6. The monoisotopic (exact) mass is 355 g/mol. The SMILES string of the molecule is CCC(Sc1nnc(-c2ccc(F)cc2)n1C)C(=O)c1ccccc1. The summed E-state index contributed by atoms with van der Waals surface area (Å²) in [5.41, 5.74) is 1.48. The van der Waals surface area contributed by atoms with Gasteiger partial charge in [0.1, 0.15) is 5.82 Å². The van der Waals surface area contributed by atoms with Gasteiger partial charge in [-0.1, -0.05) is 49.0 Å². The van der Waals surface area contributed by atoms with Crippen molar-refractivity contribution < 1.29 is 9.18 Å². The fourth-order valence-corrected chi connectivity index (χ4v) is 3.50. The van der Waals surface area contributed by atoms with Crippen molar-refractivity contribution >= 4 is 17.5 Å². The highest BCUT2D eigenvalue weighted by atomic mass is 32.2. The molecular weight excluding hydrogens is 337 g/mol. The number of halogens is 1. The zero-order chi connectivity index (χ0) is 17.8. The summed E-state index contributed by atoms with van der Waals surface area (Å²) in [5, 5.41) is 8.83. The van der Waals surface area contributed by atoms with Gasteiger partial charge in [-0.2, -0.15) is 0 Å². The Morgan fingerprint density at radius 2 is 1.80 bits per heavy atom. The number of carbonyl (C=O) groups excluding carboxylic acids is 1. The van der Waals surface area contributed by atoms with Crippen LogP contribution in [0, 0.1) is 5.82 Å². The van der Waals surface area contributed by atoms with E-state index in [0.717, 1.165) is 5.56 Å². The zero-order valence-corrected chi connectivity index (χ0v) is 14.8. The zero-order valence-electron chi connectivity index (χ0n) is 14.0. The van der Waals surface area contributed by atoms with Crippen LogP contribution in [0.3, 0.4) is 0 Å². The summed E-state index contributed by atoms with van der Waals surface area (Å²) in [7, 11) is 1.85. The minimum absolute atomic E-state index is 0.0828. The van der Waals surface area contributed by atoms with Gasteiger partial charge in [-0.05, 0) is 30.7 Å². The summed E-state index contributed by atoms with van der Waals surface area (Å²) in [6.07, 6.45) is 0.692. The largest absolute Gasteiger partial charge is 0.305 e. The molecule has 1 atom stereocenters. The first-order valence-corrected chi connectivity index (χ1v) is 8.89. The molecule has 2 aromatic carbocycles. The Labute approximate surface area is 150 Å². The Morgan fingerprint density at radius 1 is 1.12 bits per heavy atom. The second kappa shape index (κ2) is 7.61. The van der Waals surface area contributed by atoms with E-state index in [1.807, 2.05) is 48.9 Å². The third kappa shape index (κ3) is 3.79. The molecule has 128 valence electrons. The predicted molar refractivity (Wildman–Crippen MR) is 97.1 cm³/mol. The third-order valence-corrected chi connectivity index (χ3v) is 5.30. The number of carbonyl (C=O) groups is 1. The molecule has 4 nitrogen and oxygen atoms in total. The summed E-state index contributed by atoms with van der Waals surface area (Å²) in [6.45, 7) is 1.98. The lowest BCUT2D eigenvalue weighted by Crippen LogP contribution is -2.17. The van der Waals surface area contributed by atoms with Gasteiger partial charge in [0.05, 0.1) is 5.25 Å². The van der Waals surface area contributed by atoms with Crippen molar-refractivity contribution in [2.75, 3.05) is 0 Å². The van der Waals surface area contributed by atoms with Gasteiger partial charge in [0.2, 0.25) is 0 Å². The summed E-state index contributed by atoms with van der Waals surface area (Å²) in [6, 6.07) is 15.4. The van der Waals surface area contributed by atoms with Crippen LogP contribution in [-0.4, -0.2) is 25.8 Å². The van der Waals surface area contributed by atoms with Crippen LogP contribution < -0.4 is 0 Å². The van der Waals surface area contributed by atoms with E-state index in [4.69, 9.17) is 0 Å². The van der Waals surface area contributed by atoms with Gasteiger partial charge in [0.25, 0.3) is 0 Å². The Morgan fingerprint density at radius 3 is 2.44 bits per heavy atom. The minimum atomic E-state index is -0.292. The molecule has 0 fully saturated rings. The van der Waals surface area contributed by atoms with Crippen LogP contribution in [0.25, 0.3) is 11.4 Å². The summed E-state index contributed by atoms with van der Waals surface area (Å²) in [5.74, 6) is 0.434. The highest BCUT2D eigenvalue weighted by molar-refractivity contribution is 8.00. The number of benzene rings is 2. The molecule has 1 heterocycles. The average Bonchev–Trinajstić information content (AvgIpc) is 3.01. The van der Waals surface area contributed by atoms with E-state index in [0.29, 0.717) is 23.0 Å². The third-order valence-electron chi connectivity index (χ3n) is 3.91. The van der Waals surface area contributed by atoms with Crippen molar-refractivity contribution in [1.82, 2.24) is 14.8 Å². The second-order valence-electron chi connectivity index (χ2n) is 5.62. The molecule has 1 unspecified atom stereocenters. The molecule has 25 heavy (non-hydrogen) atoms. The van der Waals surface area contributed by atoms with Crippen molar-refractivity contribution in [3.05, 3.63) is 66.0 Å². The van der Waals surface area contributed by atoms with Crippen LogP contribution in [0.4, 0.5) is 4.39 Å². The van der Waals surface area contributed by atoms with Crippen LogP contribution in [0.1, 0.15) is 23.7 Å². The van der Waals surface area contributed by atoms with Gasteiger partial charge in [-0.25, -0.2) is 4.39 Å². The van der Waals surface area contributed by atoms with Gasteiger partial charge in [0.15, 0.2) is 16.8 Å². The average molecular weight is 355 g/mol. The maximum Gasteiger partial charge on any atom is 0.191 e. The van der Waals surface area contributed by atoms with Crippen LogP contribution >= 0.6 is 11.8 Å². The van der Waals surface area contributed by atoms with E-state index < -0.39 is 0 Å². The van der Waals surface area contributed by atoms with E-state index >= 15 is 0 Å². The fraction of sp³-hybridized carbons (Fsp3) is 0.211. The van der Waals surface area contributed by atoms with Crippen molar-refractivity contribution in [3.8, 4) is 11.4 Å². The van der Waals surface area contributed by atoms with Crippen LogP contribution in [0.15, 0.2) is 59.8 Å². The van der Waals surface area contributed by atoms with E-state index in [2.05, 4.69) is 10.2 Å². The van der Waals surface area contributed by atoms with Crippen LogP contribution in [0.5, 0.6) is 0 Å². The Hall–Kier alpha value is -2.47. The van der Waals surface area contributed by atoms with Crippen molar-refractivity contribution in [2.24, 2.45) is 7.05 Å². The van der Waals surface area contributed by atoms with Crippen molar-refractivity contribution in [3.63, 3.8) is 0 Å². The molecule has 0 saturated carbocycles. The number of aromatic nitrogens is 3. The molecule has 3 rings (SSSR count). The topological polar surface area (TPSA) is 47.8 Å². The quantitative estimate of drug-likeness (QED) is 0.486. The van der Waals surface area contributed by atoms with E-state index in [-0.39, 0.29) is 16.9 Å². The molecule has 0 amide bonds. The number of thioether (sulfide) groups is 1. The molecule has 0 radical (unpaired) electrons. The van der Waals surface area contributed by atoms with Crippen molar-refractivity contribution in [2.45, 2.75) is 23.8 Å². The lowest BCUT2D eigenvalue weighted by atomic mass is 10.1. The standard InChI is InChI=1S/C19H18FN3OS/c1-3-16(17(24)13-7-5-4-6-8-13)25-19-22-21-18(23(19)2)14-9-11-15(20)12-10-14/h4-12,16H,3H2,1-2H3. The van der Waals surface area contributed by atoms with Gasteiger partial charge in [-0.3, -0.25) is 4.79 Å². The second-order valence-corrected chi connectivity index (χ2v) is 6.79. The summed E-state index contributed by atoms with van der Waals surface area (Å²) >= 11 is 1.40. The molecular formula is C19H18FN3OS. The highest BCUT2D eigenvalue weighted by Gasteiger charge is 2.22. The lowest BCUT2D eigenvalue weighted by molar-refractivity contribution is 0.0988. The Kier molecular flexibility index (Phi) is 5.28. The number of nitrogens with zero attached hydrogens (tertiary/aromatic N) is 3. The minimum Gasteiger partial charge on any atom is -0.305 e. The molecule has 0 aliphatic carbocycles. The van der Waals surface area contributed by atoms with E-state index in [1.165, 1.54) is 23.9 Å². The first-order valence-electron chi connectivity index (χ1n) is 8.01. The van der Waals surface area contributed by atoms with Gasteiger partial charge in [-0.15, -0.1) is 10.2 Å². The molecule has 6 heteroatoms. The number of hydrogen-bond donors (Lipinski definition) is 0. The van der Waals surface area contributed by atoms with E-state index in [9.17, 15) is 9.18 Å². The smallest absolute Gasteiger partial charge is 0.191 e. The van der Waals surface area contributed by atoms with Crippen LogP contribution in [0.2, 0.25) is 0 Å². The first kappa shape index (κ1) is 17.4. The maximum absolute atomic E-state index is 13.1. The Bertz CT molecular complexity index is 862. The van der Waals surface area contributed by atoms with Gasteiger partial charge < -0.3 is 4.57 Å². The molecule has 1 aromatic heterocycles. The highest BCUT2D eigenvalue weighted by Crippen LogP contribution is 2.29. The fourth-order valence-electron chi connectivity index (χ4n) is 2.51. The summed E-state index contributed by atoms with van der Waals surface area (Å²) in [4.78, 5) is 12.7. The first-order chi connectivity index (χ1) is 12.1. The number of Topliss-reactive ketones (excluding diaryl/α,β-unsaturated/α-hetero) is 1. The normalized spacial score (nSPS) is 12.1. The van der Waals surface area contributed by atoms with E-state index in [1.54, 1.807) is 12.1 Å². The number of hydrogen-bond acceptors (Lipinski definition) is 4. The molecule has 0 spiro atoms.